The van der Waals surface area contributed by atoms with Gasteiger partial charge in [0.25, 0.3) is 0 Å². The Labute approximate surface area is 120 Å². The molecule has 5 heteroatoms. The lowest BCUT2D eigenvalue weighted by molar-refractivity contribution is -0.117. The molecule has 1 saturated carbocycles. The van der Waals surface area contributed by atoms with E-state index in [1.807, 2.05) is 24.3 Å². The third kappa shape index (κ3) is 1.93. The maximum Gasteiger partial charge on any atom is 0.228 e. The van der Waals surface area contributed by atoms with Crippen molar-refractivity contribution in [2.45, 2.75) is 12.8 Å². The molecule has 0 bridgehead atoms. The van der Waals surface area contributed by atoms with E-state index < -0.39 is 0 Å². The van der Waals surface area contributed by atoms with Crippen molar-refractivity contribution in [2.24, 2.45) is 5.92 Å². The fraction of sp³-hybridized carbons (Fsp3) is 0.200. The van der Waals surface area contributed by atoms with Gasteiger partial charge in [0.15, 0.2) is 0 Å². The van der Waals surface area contributed by atoms with E-state index in [4.69, 9.17) is 11.6 Å². The first kappa shape index (κ1) is 11.7. The lowest BCUT2D eigenvalue weighted by atomic mass is 10.2. The molecule has 1 aliphatic carbocycles. The highest BCUT2D eigenvalue weighted by Gasteiger charge is 2.29. The van der Waals surface area contributed by atoms with Crippen LogP contribution in [0.5, 0.6) is 0 Å². The van der Waals surface area contributed by atoms with Crippen LogP contribution in [0.4, 0.5) is 5.82 Å². The molecule has 100 valence electrons. The summed E-state index contributed by atoms with van der Waals surface area (Å²) in [5.41, 5.74) is 1.91. The first-order valence-electron chi connectivity index (χ1n) is 6.58. The number of benzene rings is 1. The number of fused-ring (bicyclic) bond motifs is 3. The van der Waals surface area contributed by atoms with Gasteiger partial charge in [0.1, 0.15) is 5.82 Å². The number of carbonyl (C=O) groups is 1. The number of hydrogen-bond donors (Lipinski definition) is 2. The van der Waals surface area contributed by atoms with E-state index in [-0.39, 0.29) is 11.8 Å². The molecule has 3 aromatic rings. The quantitative estimate of drug-likeness (QED) is 0.754. The molecule has 2 aromatic heterocycles. The SMILES string of the molecule is O=C(Nc1cc2c(cn1)[nH]c1cc(Cl)ccc12)C1CC1. The maximum absolute atomic E-state index is 11.8. The fourth-order valence-electron chi connectivity index (χ4n) is 2.42. The van der Waals surface area contributed by atoms with Crippen LogP contribution in [0.2, 0.25) is 5.02 Å². The van der Waals surface area contributed by atoms with E-state index >= 15 is 0 Å². The van der Waals surface area contributed by atoms with Gasteiger partial charge in [-0.3, -0.25) is 4.79 Å². The smallest absolute Gasteiger partial charge is 0.228 e. The zero-order chi connectivity index (χ0) is 13.7. The topological polar surface area (TPSA) is 57.8 Å². The summed E-state index contributed by atoms with van der Waals surface area (Å²) in [6.45, 7) is 0. The standard InChI is InChI=1S/C15H12ClN3O/c16-9-3-4-10-11-6-14(19-15(20)8-1-2-8)17-7-13(11)18-12(10)5-9/h3-8,18H,1-2H2,(H,17,19,20). The number of halogens is 1. The van der Waals surface area contributed by atoms with Gasteiger partial charge in [-0.15, -0.1) is 0 Å². The summed E-state index contributed by atoms with van der Waals surface area (Å²) in [6, 6.07) is 7.63. The van der Waals surface area contributed by atoms with Crippen LogP contribution in [0.1, 0.15) is 12.8 Å². The molecule has 0 unspecified atom stereocenters. The first-order chi connectivity index (χ1) is 9.70. The Morgan fingerprint density at radius 1 is 1.25 bits per heavy atom. The minimum absolute atomic E-state index is 0.0692. The molecular formula is C15H12ClN3O. The van der Waals surface area contributed by atoms with Crippen molar-refractivity contribution in [2.75, 3.05) is 5.32 Å². The number of hydrogen-bond acceptors (Lipinski definition) is 2. The van der Waals surface area contributed by atoms with Crippen molar-refractivity contribution >= 4 is 45.1 Å². The number of carbonyl (C=O) groups excluding carboxylic acids is 1. The van der Waals surface area contributed by atoms with E-state index in [0.717, 1.165) is 34.6 Å². The molecule has 1 aliphatic rings. The highest BCUT2D eigenvalue weighted by atomic mass is 35.5. The predicted octanol–water partition coefficient (Wildman–Crippen LogP) is 3.72. The lowest BCUT2D eigenvalue weighted by Gasteiger charge is -2.02. The zero-order valence-corrected chi connectivity index (χ0v) is 11.4. The third-order valence-electron chi connectivity index (χ3n) is 3.64. The normalized spacial score (nSPS) is 14.8. The van der Waals surface area contributed by atoms with Gasteiger partial charge in [-0.25, -0.2) is 4.98 Å². The van der Waals surface area contributed by atoms with Crippen LogP contribution < -0.4 is 5.32 Å². The van der Waals surface area contributed by atoms with E-state index in [2.05, 4.69) is 15.3 Å². The van der Waals surface area contributed by atoms with Gasteiger partial charge in [-0.05, 0) is 31.0 Å². The molecule has 0 atom stereocenters. The highest BCUT2D eigenvalue weighted by Crippen LogP contribution is 2.31. The Morgan fingerprint density at radius 3 is 2.90 bits per heavy atom. The summed E-state index contributed by atoms with van der Waals surface area (Å²) in [5, 5.41) is 5.68. The van der Waals surface area contributed by atoms with E-state index in [0.29, 0.717) is 10.8 Å². The monoisotopic (exact) mass is 285 g/mol. The number of rotatable bonds is 2. The fourth-order valence-corrected chi connectivity index (χ4v) is 2.59. The van der Waals surface area contributed by atoms with Gasteiger partial charge in [-0.1, -0.05) is 17.7 Å². The second kappa shape index (κ2) is 4.21. The second-order valence-corrected chi connectivity index (χ2v) is 5.63. The van der Waals surface area contributed by atoms with Crippen LogP contribution in [-0.2, 0) is 4.79 Å². The summed E-state index contributed by atoms with van der Waals surface area (Å²) in [4.78, 5) is 19.3. The molecule has 1 aromatic carbocycles. The molecule has 0 aliphatic heterocycles. The van der Waals surface area contributed by atoms with Gasteiger partial charge < -0.3 is 10.3 Å². The number of anilines is 1. The van der Waals surface area contributed by atoms with Gasteiger partial charge in [0.05, 0.1) is 11.7 Å². The van der Waals surface area contributed by atoms with Crippen molar-refractivity contribution in [3.63, 3.8) is 0 Å². The van der Waals surface area contributed by atoms with Crippen molar-refractivity contribution in [1.82, 2.24) is 9.97 Å². The minimum atomic E-state index is 0.0692. The van der Waals surface area contributed by atoms with Crippen molar-refractivity contribution < 1.29 is 4.79 Å². The van der Waals surface area contributed by atoms with Crippen molar-refractivity contribution in [3.8, 4) is 0 Å². The summed E-state index contributed by atoms with van der Waals surface area (Å²) >= 11 is 6.00. The van der Waals surface area contributed by atoms with Crippen LogP contribution in [0, 0.1) is 5.92 Å². The molecule has 0 spiro atoms. The molecular weight excluding hydrogens is 274 g/mol. The third-order valence-corrected chi connectivity index (χ3v) is 3.88. The summed E-state index contributed by atoms with van der Waals surface area (Å²) in [6.07, 6.45) is 3.71. The predicted molar refractivity (Wildman–Crippen MR) is 80.0 cm³/mol. The van der Waals surface area contributed by atoms with Crippen LogP contribution in [-0.4, -0.2) is 15.9 Å². The zero-order valence-electron chi connectivity index (χ0n) is 10.6. The molecule has 4 nitrogen and oxygen atoms in total. The Kier molecular flexibility index (Phi) is 2.47. The second-order valence-electron chi connectivity index (χ2n) is 5.19. The van der Waals surface area contributed by atoms with Gasteiger partial charge in [-0.2, -0.15) is 0 Å². The molecule has 20 heavy (non-hydrogen) atoms. The molecule has 0 radical (unpaired) electrons. The van der Waals surface area contributed by atoms with Crippen LogP contribution in [0.3, 0.4) is 0 Å². The summed E-state index contributed by atoms with van der Waals surface area (Å²) in [7, 11) is 0. The molecule has 0 saturated heterocycles. The minimum Gasteiger partial charge on any atom is -0.353 e. The molecule has 1 amide bonds. The average Bonchev–Trinajstić information content (AvgIpc) is 3.21. The van der Waals surface area contributed by atoms with Crippen molar-refractivity contribution in [3.05, 3.63) is 35.5 Å². The van der Waals surface area contributed by atoms with Gasteiger partial charge in [0, 0.05) is 27.2 Å². The number of amides is 1. The highest BCUT2D eigenvalue weighted by molar-refractivity contribution is 6.31. The van der Waals surface area contributed by atoms with Crippen molar-refractivity contribution in [1.29, 1.82) is 0 Å². The number of aromatic amines is 1. The summed E-state index contributed by atoms with van der Waals surface area (Å²) < 4.78 is 0. The number of pyridine rings is 1. The molecule has 4 rings (SSSR count). The lowest BCUT2D eigenvalue weighted by Crippen LogP contribution is -2.14. The number of nitrogens with one attached hydrogen (secondary N) is 2. The Hall–Kier alpha value is -2.07. The van der Waals surface area contributed by atoms with Crippen LogP contribution in [0.15, 0.2) is 30.5 Å². The first-order valence-corrected chi connectivity index (χ1v) is 6.96. The van der Waals surface area contributed by atoms with E-state index in [1.165, 1.54) is 0 Å². The number of H-pyrrole nitrogens is 1. The molecule has 2 heterocycles. The Balaban J connectivity index is 1.80. The van der Waals surface area contributed by atoms with Crippen LogP contribution in [0.25, 0.3) is 21.8 Å². The number of aromatic nitrogens is 2. The van der Waals surface area contributed by atoms with Gasteiger partial charge in [0.2, 0.25) is 5.91 Å². The van der Waals surface area contributed by atoms with Gasteiger partial charge >= 0.3 is 0 Å². The van der Waals surface area contributed by atoms with E-state index in [1.54, 1.807) is 6.20 Å². The maximum atomic E-state index is 11.8. The Bertz CT molecular complexity index is 836. The average molecular weight is 286 g/mol. The molecule has 2 N–H and O–H groups in total. The number of nitrogens with zero attached hydrogens (tertiary/aromatic N) is 1. The molecule has 1 fully saturated rings. The largest absolute Gasteiger partial charge is 0.353 e. The van der Waals surface area contributed by atoms with Crippen LogP contribution >= 0.6 is 11.6 Å². The van der Waals surface area contributed by atoms with E-state index in [9.17, 15) is 4.79 Å². The summed E-state index contributed by atoms with van der Waals surface area (Å²) in [5.74, 6) is 0.847. The Morgan fingerprint density at radius 2 is 2.10 bits per heavy atom.